The van der Waals surface area contributed by atoms with Gasteiger partial charge in [-0.25, -0.2) is 9.59 Å². The summed E-state index contributed by atoms with van der Waals surface area (Å²) in [4.78, 5) is 20.3. The van der Waals surface area contributed by atoms with Crippen LogP contribution in [-0.4, -0.2) is 61.6 Å². The van der Waals surface area contributed by atoms with Gasteiger partial charge >= 0.3 is 11.9 Å². The van der Waals surface area contributed by atoms with E-state index in [-0.39, 0.29) is 24.2 Å². The normalized spacial score (nSPS) is 11.1. The van der Waals surface area contributed by atoms with Crippen LogP contribution < -0.4 is 0 Å². The van der Waals surface area contributed by atoms with Crippen molar-refractivity contribution < 1.29 is 44.6 Å². The number of aromatic carboxylic acids is 2. The van der Waals surface area contributed by atoms with E-state index in [1.807, 2.05) is 6.92 Å². The fraction of sp³-hybridized carbons (Fsp3) is 0.700. The molecule has 1 aromatic heterocycles. The average Bonchev–Trinajstić information content (AvgIpc) is 3.14. The van der Waals surface area contributed by atoms with Crippen LogP contribution in [0.2, 0.25) is 0 Å². The molecule has 0 saturated heterocycles. The van der Waals surface area contributed by atoms with Crippen molar-refractivity contribution in [3.05, 3.63) is 23.7 Å². The molecule has 1 atom stereocenters. The SMILES string of the molecule is CCCC(O)O.CCCCCCCC(O)CCO.O=C(O)c1ccc(C(=O)O)o1. The summed E-state index contributed by atoms with van der Waals surface area (Å²) >= 11 is 0. The van der Waals surface area contributed by atoms with E-state index in [1.54, 1.807) is 0 Å². The zero-order valence-electron chi connectivity index (χ0n) is 17.3. The minimum atomic E-state index is -1.28. The molecule has 0 bridgehead atoms. The van der Waals surface area contributed by atoms with E-state index in [2.05, 4.69) is 11.3 Å². The van der Waals surface area contributed by atoms with Crippen LogP contribution in [0.5, 0.6) is 0 Å². The Morgan fingerprint density at radius 2 is 1.34 bits per heavy atom. The second-order valence-electron chi connectivity index (χ2n) is 6.41. The van der Waals surface area contributed by atoms with Gasteiger partial charge in [-0.1, -0.05) is 52.4 Å². The number of aliphatic hydroxyl groups excluding tert-OH is 3. The van der Waals surface area contributed by atoms with Crippen LogP contribution in [-0.2, 0) is 0 Å². The van der Waals surface area contributed by atoms with Gasteiger partial charge in [0.2, 0.25) is 11.5 Å². The molecule has 170 valence electrons. The number of hydrogen-bond acceptors (Lipinski definition) is 7. The van der Waals surface area contributed by atoms with Gasteiger partial charge in [0.1, 0.15) is 0 Å². The van der Waals surface area contributed by atoms with Crippen molar-refractivity contribution in [2.24, 2.45) is 0 Å². The zero-order chi connectivity index (χ0) is 22.7. The van der Waals surface area contributed by atoms with Gasteiger partial charge in [-0.15, -0.1) is 0 Å². The lowest BCUT2D eigenvalue weighted by Crippen LogP contribution is -2.08. The zero-order valence-corrected chi connectivity index (χ0v) is 17.3. The van der Waals surface area contributed by atoms with Gasteiger partial charge in [0, 0.05) is 6.61 Å². The molecule has 9 heteroatoms. The van der Waals surface area contributed by atoms with Gasteiger partial charge in [-0.3, -0.25) is 0 Å². The summed E-state index contributed by atoms with van der Waals surface area (Å²) in [6.07, 6.45) is 7.48. The topological polar surface area (TPSA) is 169 Å². The van der Waals surface area contributed by atoms with E-state index in [1.165, 1.54) is 25.7 Å². The Morgan fingerprint density at radius 1 is 0.828 bits per heavy atom. The van der Waals surface area contributed by atoms with Crippen molar-refractivity contribution in [3.63, 3.8) is 0 Å². The molecule has 0 spiro atoms. The predicted octanol–water partition coefficient (Wildman–Crippen LogP) is 2.86. The maximum absolute atomic E-state index is 10.2. The van der Waals surface area contributed by atoms with Crippen LogP contribution >= 0.6 is 0 Å². The third-order valence-corrected chi connectivity index (χ3v) is 3.68. The van der Waals surface area contributed by atoms with Crippen molar-refractivity contribution in [1.82, 2.24) is 0 Å². The number of unbranched alkanes of at least 4 members (excludes halogenated alkanes) is 4. The Hall–Kier alpha value is -1.94. The number of hydrogen-bond donors (Lipinski definition) is 6. The second kappa shape index (κ2) is 19.4. The monoisotopic (exact) mass is 420 g/mol. The summed E-state index contributed by atoms with van der Waals surface area (Å²) < 4.78 is 4.41. The molecule has 9 nitrogen and oxygen atoms in total. The van der Waals surface area contributed by atoms with Crippen molar-refractivity contribution in [2.75, 3.05) is 6.61 Å². The van der Waals surface area contributed by atoms with Gasteiger partial charge in [-0.2, -0.15) is 0 Å². The molecule has 0 aliphatic carbocycles. The van der Waals surface area contributed by atoms with Crippen LogP contribution in [0.4, 0.5) is 0 Å². The summed E-state index contributed by atoms with van der Waals surface area (Å²) in [5.74, 6) is -3.31. The molecule has 0 saturated carbocycles. The number of aliphatic hydroxyl groups is 4. The second-order valence-corrected chi connectivity index (χ2v) is 6.41. The molecule has 0 aromatic carbocycles. The van der Waals surface area contributed by atoms with E-state index in [4.69, 9.17) is 25.5 Å². The molecule has 0 fully saturated rings. The number of furan rings is 1. The van der Waals surface area contributed by atoms with Gasteiger partial charge in [0.25, 0.3) is 0 Å². The maximum atomic E-state index is 10.2. The molecule has 0 radical (unpaired) electrons. The quantitative estimate of drug-likeness (QED) is 0.220. The summed E-state index contributed by atoms with van der Waals surface area (Å²) in [6.45, 7) is 4.20. The minimum absolute atomic E-state index is 0.107. The number of carboxylic acid groups (broad SMARTS) is 2. The van der Waals surface area contributed by atoms with Crippen molar-refractivity contribution in [2.45, 2.75) is 84.0 Å². The molecule has 1 unspecified atom stereocenters. The van der Waals surface area contributed by atoms with Gasteiger partial charge in [0.15, 0.2) is 6.29 Å². The Balaban J connectivity index is 0. The summed E-state index contributed by atoms with van der Waals surface area (Å²) in [5.41, 5.74) is 0. The molecular weight excluding hydrogens is 384 g/mol. The minimum Gasteiger partial charge on any atom is -0.475 e. The fourth-order valence-electron chi connectivity index (χ4n) is 2.10. The largest absolute Gasteiger partial charge is 0.475 e. The van der Waals surface area contributed by atoms with Gasteiger partial charge in [0.05, 0.1) is 6.10 Å². The molecule has 1 rings (SSSR count). The highest BCUT2D eigenvalue weighted by Gasteiger charge is 2.12. The summed E-state index contributed by atoms with van der Waals surface area (Å²) in [6, 6.07) is 2.18. The van der Waals surface area contributed by atoms with Crippen molar-refractivity contribution >= 4 is 11.9 Å². The van der Waals surface area contributed by atoms with Crippen molar-refractivity contribution in [1.29, 1.82) is 0 Å². The first-order valence-electron chi connectivity index (χ1n) is 9.90. The molecule has 1 aromatic rings. The number of rotatable bonds is 12. The fourth-order valence-corrected chi connectivity index (χ4v) is 2.10. The number of carbonyl (C=O) groups is 2. The molecule has 29 heavy (non-hydrogen) atoms. The first kappa shape index (κ1) is 29.3. The molecule has 6 N–H and O–H groups in total. The van der Waals surface area contributed by atoms with Crippen LogP contribution in [0.25, 0.3) is 0 Å². The standard InChI is InChI=1S/C10H22O2.C6H4O5.C4H10O2/c1-2-3-4-5-6-7-10(12)8-9-11;7-5(8)3-1-2-4(11-3)6(9)10;1-2-3-4(5)6/h10-12H,2-9H2,1H3;1-2H,(H,7,8)(H,9,10);4-6H,2-3H2,1H3. The highest BCUT2D eigenvalue weighted by Crippen LogP contribution is 2.08. The van der Waals surface area contributed by atoms with Crippen LogP contribution in [0.1, 0.15) is 92.7 Å². The molecule has 0 aliphatic rings. The van der Waals surface area contributed by atoms with Crippen molar-refractivity contribution in [3.8, 4) is 0 Å². The lowest BCUT2D eigenvalue weighted by Gasteiger charge is -2.07. The molecule has 0 amide bonds. The summed E-state index contributed by atoms with van der Waals surface area (Å²) in [7, 11) is 0. The smallest absolute Gasteiger partial charge is 0.371 e. The highest BCUT2D eigenvalue weighted by atomic mass is 16.5. The molecule has 1 heterocycles. The van der Waals surface area contributed by atoms with Gasteiger partial charge in [-0.05, 0) is 31.4 Å². The van der Waals surface area contributed by atoms with E-state index in [0.29, 0.717) is 12.8 Å². The Morgan fingerprint density at radius 3 is 1.66 bits per heavy atom. The van der Waals surface area contributed by atoms with Gasteiger partial charge < -0.3 is 35.1 Å². The predicted molar refractivity (Wildman–Crippen MR) is 107 cm³/mol. The first-order valence-corrected chi connectivity index (χ1v) is 9.90. The van der Waals surface area contributed by atoms with Crippen LogP contribution in [0.15, 0.2) is 16.5 Å². The van der Waals surface area contributed by atoms with Crippen LogP contribution in [0, 0.1) is 0 Å². The van der Waals surface area contributed by atoms with E-state index in [9.17, 15) is 14.7 Å². The highest BCUT2D eigenvalue weighted by molar-refractivity contribution is 5.88. The van der Waals surface area contributed by atoms with E-state index < -0.39 is 18.2 Å². The lowest BCUT2D eigenvalue weighted by atomic mass is 10.1. The summed E-state index contributed by atoms with van der Waals surface area (Å²) in [5, 5.41) is 50.6. The molecular formula is C20H36O9. The lowest BCUT2D eigenvalue weighted by molar-refractivity contribution is -0.0453. The third-order valence-electron chi connectivity index (χ3n) is 3.68. The Labute approximate surface area is 171 Å². The third kappa shape index (κ3) is 19.2. The molecule has 0 aliphatic heterocycles. The first-order chi connectivity index (χ1) is 13.7. The van der Waals surface area contributed by atoms with E-state index in [0.717, 1.165) is 31.4 Å². The maximum Gasteiger partial charge on any atom is 0.371 e. The average molecular weight is 420 g/mol. The van der Waals surface area contributed by atoms with Crippen LogP contribution in [0.3, 0.4) is 0 Å². The van der Waals surface area contributed by atoms with E-state index >= 15 is 0 Å². The Kier molecular flexibility index (Phi) is 19.6. The number of carboxylic acids is 2. The Bertz CT molecular complexity index is 497.